The molecule has 1 saturated carbocycles. The van der Waals surface area contributed by atoms with Crippen molar-refractivity contribution >= 4 is 39.4 Å². The standard InChI is InChI=1S/C22H19BrN2O4/c23-15-7-5-14(6-8-15)13-29-21(28)22-12-11-19(26)25(22)18-4-2-1-3-17(18)20(27)24(22)16-9-10-16/h1-8,16H,9-13H2. The number of esters is 1. The molecule has 148 valence electrons. The molecule has 0 N–H and O–H groups in total. The van der Waals surface area contributed by atoms with E-state index in [1.807, 2.05) is 24.3 Å². The third-order valence-electron chi connectivity index (χ3n) is 5.82. The lowest BCUT2D eigenvalue weighted by Crippen LogP contribution is -2.69. The summed E-state index contributed by atoms with van der Waals surface area (Å²) < 4.78 is 6.63. The number of hydrogen-bond donors (Lipinski definition) is 0. The molecule has 1 atom stereocenters. The molecular weight excluding hydrogens is 436 g/mol. The third-order valence-corrected chi connectivity index (χ3v) is 6.35. The van der Waals surface area contributed by atoms with Gasteiger partial charge >= 0.3 is 5.97 Å². The van der Waals surface area contributed by atoms with E-state index in [4.69, 9.17) is 4.74 Å². The Morgan fingerprint density at radius 1 is 1.10 bits per heavy atom. The van der Waals surface area contributed by atoms with Crippen LogP contribution >= 0.6 is 15.9 Å². The number of carbonyl (C=O) groups is 3. The van der Waals surface area contributed by atoms with Crippen LogP contribution in [0.15, 0.2) is 53.0 Å². The number of benzene rings is 2. The third kappa shape index (κ3) is 2.79. The molecule has 2 aromatic rings. The van der Waals surface area contributed by atoms with Crippen molar-refractivity contribution in [2.75, 3.05) is 4.90 Å². The van der Waals surface area contributed by atoms with Gasteiger partial charge in [-0.15, -0.1) is 0 Å². The number of nitrogens with zero attached hydrogens (tertiary/aromatic N) is 2. The Kier molecular flexibility index (Phi) is 4.24. The molecule has 6 nitrogen and oxygen atoms in total. The first-order valence-electron chi connectivity index (χ1n) is 9.70. The lowest BCUT2D eigenvalue weighted by atomic mass is 9.96. The van der Waals surface area contributed by atoms with Gasteiger partial charge in [-0.3, -0.25) is 14.5 Å². The van der Waals surface area contributed by atoms with Crippen LogP contribution in [-0.4, -0.2) is 34.4 Å². The normalized spacial score (nSPS) is 23.1. The van der Waals surface area contributed by atoms with Crippen molar-refractivity contribution in [2.24, 2.45) is 0 Å². The van der Waals surface area contributed by atoms with E-state index >= 15 is 0 Å². The van der Waals surface area contributed by atoms with Crippen LogP contribution in [0.3, 0.4) is 0 Å². The smallest absolute Gasteiger partial charge is 0.354 e. The van der Waals surface area contributed by atoms with Crippen LogP contribution in [0, 0.1) is 0 Å². The van der Waals surface area contributed by atoms with E-state index in [2.05, 4.69) is 15.9 Å². The van der Waals surface area contributed by atoms with E-state index in [-0.39, 0.29) is 37.3 Å². The predicted octanol–water partition coefficient (Wildman–Crippen LogP) is 3.63. The zero-order valence-electron chi connectivity index (χ0n) is 15.6. The number of anilines is 1. The summed E-state index contributed by atoms with van der Waals surface area (Å²) >= 11 is 3.39. The van der Waals surface area contributed by atoms with Crippen molar-refractivity contribution in [1.29, 1.82) is 0 Å². The second-order valence-electron chi connectivity index (χ2n) is 7.67. The van der Waals surface area contributed by atoms with E-state index in [1.165, 1.54) is 4.90 Å². The topological polar surface area (TPSA) is 66.9 Å². The van der Waals surface area contributed by atoms with Crippen molar-refractivity contribution in [3.05, 3.63) is 64.1 Å². The number of ether oxygens (including phenoxy) is 1. The van der Waals surface area contributed by atoms with Gasteiger partial charge in [-0.05, 0) is 42.7 Å². The van der Waals surface area contributed by atoms with E-state index in [0.29, 0.717) is 11.3 Å². The molecule has 0 spiro atoms. The van der Waals surface area contributed by atoms with Crippen LogP contribution < -0.4 is 4.90 Å². The molecule has 1 aliphatic carbocycles. The van der Waals surface area contributed by atoms with Crippen LogP contribution in [0.5, 0.6) is 0 Å². The van der Waals surface area contributed by atoms with Gasteiger partial charge in [0.25, 0.3) is 5.91 Å². The molecule has 1 saturated heterocycles. The summed E-state index contributed by atoms with van der Waals surface area (Å²) in [5.74, 6) is -0.896. The van der Waals surface area contributed by atoms with Gasteiger partial charge in [0.15, 0.2) is 0 Å². The van der Waals surface area contributed by atoms with Gasteiger partial charge in [0.1, 0.15) is 6.61 Å². The van der Waals surface area contributed by atoms with E-state index in [1.54, 1.807) is 29.2 Å². The second kappa shape index (κ2) is 6.69. The number of halogens is 1. The fourth-order valence-corrected chi connectivity index (χ4v) is 4.62. The molecule has 7 heteroatoms. The van der Waals surface area contributed by atoms with E-state index in [0.717, 1.165) is 22.9 Å². The van der Waals surface area contributed by atoms with Gasteiger partial charge in [0, 0.05) is 23.4 Å². The zero-order valence-corrected chi connectivity index (χ0v) is 17.2. The van der Waals surface area contributed by atoms with Gasteiger partial charge in [-0.25, -0.2) is 4.79 Å². The van der Waals surface area contributed by atoms with Gasteiger partial charge in [0.05, 0.1) is 11.3 Å². The lowest BCUT2D eigenvalue weighted by molar-refractivity contribution is -0.159. The summed E-state index contributed by atoms with van der Waals surface area (Å²) in [6, 6.07) is 14.5. The van der Waals surface area contributed by atoms with Gasteiger partial charge in [0.2, 0.25) is 11.6 Å². The zero-order chi connectivity index (χ0) is 20.2. The summed E-state index contributed by atoms with van der Waals surface area (Å²) in [7, 11) is 0. The van der Waals surface area contributed by atoms with E-state index < -0.39 is 11.6 Å². The Bertz CT molecular complexity index is 1020. The largest absolute Gasteiger partial charge is 0.458 e. The monoisotopic (exact) mass is 454 g/mol. The predicted molar refractivity (Wildman–Crippen MR) is 109 cm³/mol. The molecule has 0 radical (unpaired) electrons. The Balaban J connectivity index is 1.54. The average molecular weight is 455 g/mol. The molecule has 2 amide bonds. The number of hydrogen-bond acceptors (Lipinski definition) is 4. The highest BCUT2D eigenvalue weighted by Gasteiger charge is 2.64. The fourth-order valence-electron chi connectivity index (χ4n) is 4.36. The number of rotatable bonds is 4. The summed E-state index contributed by atoms with van der Waals surface area (Å²) in [6.07, 6.45) is 2.12. The van der Waals surface area contributed by atoms with Crippen LogP contribution in [0.2, 0.25) is 0 Å². The molecule has 2 fully saturated rings. The van der Waals surface area contributed by atoms with Crippen molar-refractivity contribution in [3.8, 4) is 0 Å². The number of carbonyl (C=O) groups excluding carboxylic acids is 3. The minimum atomic E-state index is -1.39. The summed E-state index contributed by atoms with van der Waals surface area (Å²) in [5.41, 5.74) is 0.414. The Labute approximate surface area is 176 Å². The molecule has 2 aromatic carbocycles. The van der Waals surface area contributed by atoms with Crippen LogP contribution in [-0.2, 0) is 20.9 Å². The Morgan fingerprint density at radius 3 is 2.55 bits per heavy atom. The van der Waals surface area contributed by atoms with Gasteiger partial charge < -0.3 is 9.64 Å². The molecule has 2 heterocycles. The average Bonchev–Trinajstić information content (AvgIpc) is 3.50. The molecule has 2 aliphatic heterocycles. The molecule has 3 aliphatic rings. The first kappa shape index (κ1) is 18.4. The van der Waals surface area contributed by atoms with Crippen molar-refractivity contribution < 1.29 is 19.1 Å². The Hall–Kier alpha value is -2.67. The van der Waals surface area contributed by atoms with Gasteiger partial charge in [-0.2, -0.15) is 0 Å². The van der Waals surface area contributed by atoms with Crippen molar-refractivity contribution in [2.45, 2.75) is 44.0 Å². The maximum absolute atomic E-state index is 13.5. The molecule has 29 heavy (non-hydrogen) atoms. The second-order valence-corrected chi connectivity index (χ2v) is 8.59. The Morgan fingerprint density at radius 2 is 1.83 bits per heavy atom. The highest BCUT2D eigenvalue weighted by Crippen LogP contribution is 2.49. The highest BCUT2D eigenvalue weighted by molar-refractivity contribution is 9.10. The number of amides is 2. The fraction of sp³-hybridized carbons (Fsp3) is 0.318. The van der Waals surface area contributed by atoms with Crippen molar-refractivity contribution in [1.82, 2.24) is 4.90 Å². The maximum atomic E-state index is 13.5. The minimum Gasteiger partial charge on any atom is -0.458 e. The maximum Gasteiger partial charge on any atom is 0.354 e. The first-order valence-corrected chi connectivity index (χ1v) is 10.5. The first-order chi connectivity index (χ1) is 14.0. The van der Waals surface area contributed by atoms with E-state index in [9.17, 15) is 14.4 Å². The van der Waals surface area contributed by atoms with Crippen LogP contribution in [0.4, 0.5) is 5.69 Å². The molecule has 5 rings (SSSR count). The summed E-state index contributed by atoms with van der Waals surface area (Å²) in [6.45, 7) is 0.0875. The van der Waals surface area contributed by atoms with Gasteiger partial charge in [-0.1, -0.05) is 40.2 Å². The van der Waals surface area contributed by atoms with Crippen molar-refractivity contribution in [3.63, 3.8) is 0 Å². The van der Waals surface area contributed by atoms with Crippen LogP contribution in [0.1, 0.15) is 41.6 Å². The minimum absolute atomic E-state index is 0.0375. The number of fused-ring (bicyclic) bond motifs is 3. The molecule has 0 bridgehead atoms. The SMILES string of the molecule is O=C1CCC2(C(=O)OCc3ccc(Br)cc3)N1c1ccccc1C(=O)N2C1CC1. The lowest BCUT2D eigenvalue weighted by Gasteiger charge is -2.48. The molecule has 0 aromatic heterocycles. The van der Waals surface area contributed by atoms with Crippen LogP contribution in [0.25, 0.3) is 0 Å². The molecular formula is C22H19BrN2O4. The quantitative estimate of drug-likeness (QED) is 0.661. The number of para-hydroxylation sites is 1. The molecule has 1 unspecified atom stereocenters. The summed E-state index contributed by atoms with van der Waals surface area (Å²) in [4.78, 5) is 42.8. The summed E-state index contributed by atoms with van der Waals surface area (Å²) in [5, 5.41) is 0. The highest BCUT2D eigenvalue weighted by atomic mass is 79.9.